The minimum atomic E-state index is -0.888. The number of aromatic nitrogens is 2. The number of hydrogen-bond acceptors (Lipinski definition) is 2. The Hall–Kier alpha value is -1.32. The smallest absolute Gasteiger partial charge is 0.356 e. The van der Waals surface area contributed by atoms with E-state index in [1.54, 1.807) is 0 Å². The number of hydrogen-bond donors (Lipinski definition) is 1. The summed E-state index contributed by atoms with van der Waals surface area (Å²) in [7, 11) is 0. The first-order chi connectivity index (χ1) is 7.59. The molecule has 4 heteroatoms. The van der Waals surface area contributed by atoms with E-state index >= 15 is 0 Å². The number of aromatic carboxylic acids is 1. The fraction of sp³-hybridized carbons (Fsp3) is 0.667. The largest absolute Gasteiger partial charge is 0.476 e. The summed E-state index contributed by atoms with van der Waals surface area (Å²) in [6.45, 7) is 5.06. The Morgan fingerprint density at radius 1 is 1.44 bits per heavy atom. The van der Waals surface area contributed by atoms with Gasteiger partial charge in [0.05, 0.1) is 0 Å². The Morgan fingerprint density at radius 2 is 2.12 bits per heavy atom. The number of fused-ring (bicyclic) bond motifs is 1. The normalized spacial score (nSPS) is 15.2. The molecule has 0 aromatic carbocycles. The molecule has 1 heterocycles. The molecule has 0 radical (unpaired) electrons. The van der Waals surface area contributed by atoms with Gasteiger partial charge in [0.15, 0.2) is 5.69 Å². The van der Waals surface area contributed by atoms with Gasteiger partial charge in [0.25, 0.3) is 0 Å². The second-order valence-electron chi connectivity index (χ2n) is 4.86. The van der Waals surface area contributed by atoms with Crippen LogP contribution in [0.25, 0.3) is 0 Å². The first-order valence-electron chi connectivity index (χ1n) is 5.91. The minimum Gasteiger partial charge on any atom is -0.476 e. The molecule has 0 amide bonds. The lowest BCUT2D eigenvalue weighted by atomic mass is 9.95. The molecule has 1 aromatic heterocycles. The van der Waals surface area contributed by atoms with E-state index in [1.165, 1.54) is 0 Å². The van der Waals surface area contributed by atoms with Gasteiger partial charge < -0.3 is 5.11 Å². The summed E-state index contributed by atoms with van der Waals surface area (Å²) in [5, 5.41) is 13.4. The Kier molecular flexibility index (Phi) is 2.99. The summed E-state index contributed by atoms with van der Waals surface area (Å²) < 4.78 is 1.91. The highest BCUT2D eigenvalue weighted by atomic mass is 16.4. The Labute approximate surface area is 95.3 Å². The van der Waals surface area contributed by atoms with Crippen LogP contribution in [-0.2, 0) is 19.4 Å². The van der Waals surface area contributed by atoms with Gasteiger partial charge >= 0.3 is 5.97 Å². The maximum absolute atomic E-state index is 11.1. The third kappa shape index (κ3) is 1.96. The Balaban J connectivity index is 2.42. The number of carbonyl (C=O) groups is 1. The maximum atomic E-state index is 11.1. The monoisotopic (exact) mass is 222 g/mol. The molecule has 0 aliphatic heterocycles. The SMILES string of the molecule is CC(C)Cn1nc(C(=O)O)c2c1CCCC2. The molecule has 0 atom stereocenters. The summed E-state index contributed by atoms with van der Waals surface area (Å²) in [6.07, 6.45) is 4.08. The number of rotatable bonds is 3. The van der Waals surface area contributed by atoms with Gasteiger partial charge in [-0.3, -0.25) is 4.68 Å². The van der Waals surface area contributed by atoms with Crippen LogP contribution in [0, 0.1) is 5.92 Å². The van der Waals surface area contributed by atoms with Gasteiger partial charge in [-0.1, -0.05) is 13.8 Å². The zero-order chi connectivity index (χ0) is 11.7. The number of carboxylic acid groups (broad SMARTS) is 1. The summed E-state index contributed by atoms with van der Waals surface area (Å²) >= 11 is 0. The molecular weight excluding hydrogens is 204 g/mol. The first-order valence-corrected chi connectivity index (χ1v) is 5.91. The molecule has 1 aliphatic carbocycles. The van der Waals surface area contributed by atoms with Gasteiger partial charge in [-0.15, -0.1) is 0 Å². The van der Waals surface area contributed by atoms with Gasteiger partial charge in [0.1, 0.15) is 0 Å². The van der Waals surface area contributed by atoms with Crippen LogP contribution < -0.4 is 0 Å². The molecule has 1 aromatic rings. The van der Waals surface area contributed by atoms with E-state index in [-0.39, 0.29) is 5.69 Å². The van der Waals surface area contributed by atoms with Crippen molar-refractivity contribution in [2.75, 3.05) is 0 Å². The molecule has 16 heavy (non-hydrogen) atoms. The molecule has 88 valence electrons. The summed E-state index contributed by atoms with van der Waals surface area (Å²) in [4.78, 5) is 11.1. The zero-order valence-electron chi connectivity index (χ0n) is 9.86. The summed E-state index contributed by atoms with van der Waals surface area (Å²) in [5.41, 5.74) is 2.40. The quantitative estimate of drug-likeness (QED) is 0.852. The lowest BCUT2D eigenvalue weighted by molar-refractivity contribution is 0.0688. The topological polar surface area (TPSA) is 55.1 Å². The molecule has 0 spiro atoms. The molecule has 0 unspecified atom stereocenters. The lowest BCUT2D eigenvalue weighted by Gasteiger charge is -2.14. The molecule has 0 saturated heterocycles. The minimum absolute atomic E-state index is 0.273. The van der Waals surface area contributed by atoms with Gasteiger partial charge in [-0.05, 0) is 31.6 Å². The molecule has 2 rings (SSSR count). The molecule has 1 aliphatic rings. The van der Waals surface area contributed by atoms with E-state index in [4.69, 9.17) is 5.11 Å². The van der Waals surface area contributed by atoms with Crippen molar-refractivity contribution in [3.05, 3.63) is 17.0 Å². The second kappa shape index (κ2) is 4.28. The van der Waals surface area contributed by atoms with Crippen molar-refractivity contribution < 1.29 is 9.90 Å². The molecule has 0 bridgehead atoms. The van der Waals surface area contributed by atoms with Crippen LogP contribution in [0.5, 0.6) is 0 Å². The zero-order valence-corrected chi connectivity index (χ0v) is 9.86. The Morgan fingerprint density at radius 3 is 2.75 bits per heavy atom. The van der Waals surface area contributed by atoms with E-state index < -0.39 is 5.97 Å². The van der Waals surface area contributed by atoms with Crippen LogP contribution in [0.4, 0.5) is 0 Å². The number of carboxylic acids is 1. The first kappa shape index (κ1) is 11.2. The van der Waals surface area contributed by atoms with Gasteiger partial charge in [-0.25, -0.2) is 4.79 Å². The Bertz CT molecular complexity index is 407. The van der Waals surface area contributed by atoms with Gasteiger partial charge in [-0.2, -0.15) is 5.10 Å². The van der Waals surface area contributed by atoms with Crippen LogP contribution in [0.1, 0.15) is 48.4 Å². The van der Waals surface area contributed by atoms with Crippen molar-refractivity contribution in [3.8, 4) is 0 Å². The highest BCUT2D eigenvalue weighted by molar-refractivity contribution is 5.87. The van der Waals surface area contributed by atoms with E-state index in [0.29, 0.717) is 5.92 Å². The van der Waals surface area contributed by atoms with E-state index in [0.717, 1.165) is 43.5 Å². The third-order valence-electron chi connectivity index (χ3n) is 3.00. The average Bonchev–Trinajstić information content (AvgIpc) is 2.57. The van der Waals surface area contributed by atoms with Gasteiger partial charge in [0, 0.05) is 17.8 Å². The van der Waals surface area contributed by atoms with Crippen LogP contribution in [-0.4, -0.2) is 20.9 Å². The molecular formula is C12H18N2O2. The van der Waals surface area contributed by atoms with Gasteiger partial charge in [0.2, 0.25) is 0 Å². The molecule has 0 saturated carbocycles. The fourth-order valence-corrected chi connectivity index (χ4v) is 2.34. The van der Waals surface area contributed by atoms with Crippen molar-refractivity contribution in [2.45, 2.75) is 46.1 Å². The predicted octanol–water partition coefficient (Wildman–Crippen LogP) is 2.12. The molecule has 1 N–H and O–H groups in total. The highest BCUT2D eigenvalue weighted by Gasteiger charge is 2.24. The predicted molar refractivity (Wildman–Crippen MR) is 60.7 cm³/mol. The lowest BCUT2D eigenvalue weighted by Crippen LogP contribution is -2.12. The maximum Gasteiger partial charge on any atom is 0.356 e. The van der Waals surface area contributed by atoms with Crippen LogP contribution >= 0.6 is 0 Å². The third-order valence-corrected chi connectivity index (χ3v) is 3.00. The van der Waals surface area contributed by atoms with E-state index in [2.05, 4.69) is 18.9 Å². The average molecular weight is 222 g/mol. The van der Waals surface area contributed by atoms with Crippen molar-refractivity contribution in [3.63, 3.8) is 0 Å². The van der Waals surface area contributed by atoms with Crippen molar-refractivity contribution in [2.24, 2.45) is 5.92 Å². The second-order valence-corrected chi connectivity index (χ2v) is 4.86. The van der Waals surface area contributed by atoms with Crippen LogP contribution in [0.2, 0.25) is 0 Å². The van der Waals surface area contributed by atoms with Crippen molar-refractivity contribution in [1.29, 1.82) is 0 Å². The molecule has 4 nitrogen and oxygen atoms in total. The standard InChI is InChI=1S/C12H18N2O2/c1-8(2)7-14-10-6-4-3-5-9(10)11(13-14)12(15)16/h8H,3-7H2,1-2H3,(H,15,16). The molecule has 0 fully saturated rings. The van der Waals surface area contributed by atoms with Crippen molar-refractivity contribution in [1.82, 2.24) is 9.78 Å². The fourth-order valence-electron chi connectivity index (χ4n) is 2.34. The van der Waals surface area contributed by atoms with E-state index in [9.17, 15) is 4.79 Å². The van der Waals surface area contributed by atoms with Crippen LogP contribution in [0.15, 0.2) is 0 Å². The van der Waals surface area contributed by atoms with Crippen molar-refractivity contribution >= 4 is 5.97 Å². The highest BCUT2D eigenvalue weighted by Crippen LogP contribution is 2.25. The van der Waals surface area contributed by atoms with Crippen LogP contribution in [0.3, 0.4) is 0 Å². The van der Waals surface area contributed by atoms with E-state index in [1.807, 2.05) is 4.68 Å². The summed E-state index contributed by atoms with van der Waals surface area (Å²) in [5.74, 6) is -0.395. The number of nitrogens with zero attached hydrogens (tertiary/aromatic N) is 2. The summed E-state index contributed by atoms with van der Waals surface area (Å²) in [6, 6.07) is 0.